The van der Waals surface area contributed by atoms with Gasteiger partial charge in [-0.15, -0.1) is 0 Å². The molecule has 1 fully saturated rings. The Labute approximate surface area is 104 Å². The number of carbonyl (C=O) groups is 1. The van der Waals surface area contributed by atoms with Crippen LogP contribution in [0.15, 0.2) is 16.5 Å². The first-order valence-corrected chi connectivity index (χ1v) is 5.58. The number of hydrogen-bond acceptors (Lipinski definition) is 5. The molecule has 2 heterocycles. The van der Waals surface area contributed by atoms with Gasteiger partial charge in [0.05, 0.1) is 6.61 Å². The highest BCUT2D eigenvalue weighted by atomic mass is 35.5. The third-order valence-corrected chi connectivity index (χ3v) is 2.45. The van der Waals surface area contributed by atoms with Crippen LogP contribution < -0.4 is 0 Å². The minimum Gasteiger partial charge on any atom is -0.457 e. The first kappa shape index (κ1) is 12.4. The Kier molecular flexibility index (Phi) is 3.42. The molecule has 0 saturated carbocycles. The van der Waals surface area contributed by atoms with Crippen LogP contribution in [0.4, 0.5) is 0 Å². The maximum atomic E-state index is 11.5. The van der Waals surface area contributed by atoms with Crippen molar-refractivity contribution < 1.29 is 23.4 Å². The molecule has 0 radical (unpaired) electrons. The zero-order valence-electron chi connectivity index (χ0n) is 9.57. The maximum absolute atomic E-state index is 11.5. The van der Waals surface area contributed by atoms with E-state index in [9.17, 15) is 4.79 Å². The molecule has 1 saturated heterocycles. The second-order valence-electron chi connectivity index (χ2n) is 4.15. The smallest absolute Gasteiger partial charge is 0.374 e. The van der Waals surface area contributed by atoms with Gasteiger partial charge >= 0.3 is 5.97 Å². The zero-order chi connectivity index (χ0) is 12.5. The fraction of sp³-hybridized carbons (Fsp3) is 0.545. The molecule has 0 spiro atoms. The first-order valence-electron chi connectivity index (χ1n) is 5.20. The van der Waals surface area contributed by atoms with Gasteiger partial charge in [-0.05, 0) is 37.6 Å². The van der Waals surface area contributed by atoms with Crippen molar-refractivity contribution in [1.82, 2.24) is 0 Å². The predicted octanol–water partition coefficient (Wildman–Crippen LogP) is 2.24. The van der Waals surface area contributed by atoms with E-state index >= 15 is 0 Å². The van der Waals surface area contributed by atoms with E-state index < -0.39 is 11.8 Å². The van der Waals surface area contributed by atoms with Gasteiger partial charge in [0.15, 0.2) is 11.0 Å². The molecule has 1 unspecified atom stereocenters. The van der Waals surface area contributed by atoms with Crippen molar-refractivity contribution in [2.24, 2.45) is 0 Å². The highest BCUT2D eigenvalue weighted by Gasteiger charge is 2.33. The van der Waals surface area contributed by atoms with Crippen LogP contribution >= 0.6 is 11.6 Å². The lowest BCUT2D eigenvalue weighted by Gasteiger charge is -2.16. The van der Waals surface area contributed by atoms with Gasteiger partial charge in [-0.3, -0.25) is 0 Å². The van der Waals surface area contributed by atoms with Gasteiger partial charge in [-0.2, -0.15) is 0 Å². The van der Waals surface area contributed by atoms with Crippen LogP contribution in [0.25, 0.3) is 0 Å². The molecule has 1 aliphatic rings. The van der Waals surface area contributed by atoms with Crippen LogP contribution in [0.5, 0.6) is 0 Å². The van der Waals surface area contributed by atoms with Crippen molar-refractivity contribution in [3.05, 3.63) is 23.1 Å². The van der Waals surface area contributed by atoms with E-state index in [4.69, 9.17) is 30.2 Å². The Balaban J connectivity index is 1.81. The molecule has 17 heavy (non-hydrogen) atoms. The Morgan fingerprint density at radius 1 is 1.59 bits per heavy atom. The van der Waals surface area contributed by atoms with E-state index in [2.05, 4.69) is 0 Å². The highest BCUT2D eigenvalue weighted by Crippen LogP contribution is 2.22. The van der Waals surface area contributed by atoms with Crippen LogP contribution in [0.1, 0.15) is 24.4 Å². The summed E-state index contributed by atoms with van der Waals surface area (Å²) in [7, 11) is 0. The van der Waals surface area contributed by atoms with E-state index in [-0.39, 0.29) is 23.7 Å². The molecule has 1 aromatic rings. The molecule has 0 aliphatic carbocycles. The number of furan rings is 1. The highest BCUT2D eigenvalue weighted by molar-refractivity contribution is 6.29. The Morgan fingerprint density at radius 3 is 2.88 bits per heavy atom. The number of esters is 1. The SMILES string of the molecule is CC1(C)OCC(COC(=O)c2ccc(Cl)o2)O1. The number of rotatable bonds is 3. The number of carbonyl (C=O) groups excluding carboxylic acids is 1. The molecule has 1 atom stereocenters. The van der Waals surface area contributed by atoms with Crippen LogP contribution in [0.2, 0.25) is 5.22 Å². The minimum atomic E-state index is -0.620. The quantitative estimate of drug-likeness (QED) is 0.780. The van der Waals surface area contributed by atoms with E-state index in [1.54, 1.807) is 13.8 Å². The average Bonchev–Trinajstić information content (AvgIpc) is 2.81. The van der Waals surface area contributed by atoms with Gasteiger partial charge in [0.2, 0.25) is 5.76 Å². The first-order chi connectivity index (χ1) is 7.96. The largest absolute Gasteiger partial charge is 0.457 e. The molecule has 0 bridgehead atoms. The molecule has 1 aliphatic heterocycles. The summed E-state index contributed by atoms with van der Waals surface area (Å²) in [4.78, 5) is 11.5. The lowest BCUT2D eigenvalue weighted by molar-refractivity contribution is -0.142. The third kappa shape index (κ3) is 3.21. The normalized spacial score (nSPS) is 22.6. The minimum absolute atomic E-state index is 0.0770. The topological polar surface area (TPSA) is 57.9 Å². The van der Waals surface area contributed by atoms with E-state index in [0.717, 1.165) is 0 Å². The molecule has 5 nitrogen and oxygen atoms in total. The monoisotopic (exact) mass is 260 g/mol. The van der Waals surface area contributed by atoms with Gasteiger partial charge in [0, 0.05) is 0 Å². The molecule has 2 rings (SSSR count). The Hall–Kier alpha value is -1.04. The van der Waals surface area contributed by atoms with Crippen LogP contribution in [0.3, 0.4) is 0 Å². The fourth-order valence-corrected chi connectivity index (χ4v) is 1.66. The van der Waals surface area contributed by atoms with Crippen molar-refractivity contribution in [2.45, 2.75) is 25.7 Å². The molecule has 0 amide bonds. The van der Waals surface area contributed by atoms with Crippen molar-refractivity contribution in [3.8, 4) is 0 Å². The Bertz CT molecular complexity index is 412. The number of ether oxygens (including phenoxy) is 3. The van der Waals surface area contributed by atoms with Gasteiger partial charge in [-0.1, -0.05) is 0 Å². The van der Waals surface area contributed by atoms with E-state index in [0.29, 0.717) is 6.61 Å². The molecular formula is C11H13ClO5. The van der Waals surface area contributed by atoms with Crippen molar-refractivity contribution in [1.29, 1.82) is 0 Å². The average molecular weight is 261 g/mol. The summed E-state index contributed by atoms with van der Waals surface area (Å²) >= 11 is 5.55. The van der Waals surface area contributed by atoms with Gasteiger partial charge in [-0.25, -0.2) is 4.79 Å². The van der Waals surface area contributed by atoms with Gasteiger partial charge < -0.3 is 18.6 Å². The molecule has 0 N–H and O–H groups in total. The standard InChI is InChI=1S/C11H13ClO5/c1-11(2)15-6-7(17-11)5-14-10(13)8-3-4-9(12)16-8/h3-4,7H,5-6H2,1-2H3. The van der Waals surface area contributed by atoms with Crippen molar-refractivity contribution in [2.75, 3.05) is 13.2 Å². The molecule has 94 valence electrons. The molecule has 0 aromatic carbocycles. The van der Waals surface area contributed by atoms with E-state index in [1.165, 1.54) is 12.1 Å². The zero-order valence-corrected chi connectivity index (χ0v) is 10.3. The summed E-state index contributed by atoms with van der Waals surface area (Å²) in [5.41, 5.74) is 0. The summed E-state index contributed by atoms with van der Waals surface area (Å²) in [5.74, 6) is -1.11. The molecule has 6 heteroatoms. The second kappa shape index (κ2) is 4.68. The Morgan fingerprint density at radius 2 is 2.35 bits per heavy atom. The summed E-state index contributed by atoms with van der Waals surface area (Å²) < 4.78 is 20.8. The molecular weight excluding hydrogens is 248 g/mol. The maximum Gasteiger partial charge on any atom is 0.374 e. The molecule has 1 aromatic heterocycles. The lowest BCUT2D eigenvalue weighted by atomic mass is 10.4. The van der Waals surface area contributed by atoms with Crippen LogP contribution in [0, 0.1) is 0 Å². The summed E-state index contributed by atoms with van der Waals surface area (Å²) in [6.45, 7) is 4.14. The lowest BCUT2D eigenvalue weighted by Crippen LogP contribution is -2.25. The number of hydrogen-bond donors (Lipinski definition) is 0. The third-order valence-electron chi connectivity index (χ3n) is 2.24. The van der Waals surface area contributed by atoms with E-state index in [1.807, 2.05) is 0 Å². The predicted molar refractivity (Wildman–Crippen MR) is 58.9 cm³/mol. The summed E-state index contributed by atoms with van der Waals surface area (Å²) in [6, 6.07) is 2.94. The second-order valence-corrected chi connectivity index (χ2v) is 4.53. The van der Waals surface area contributed by atoms with Crippen molar-refractivity contribution >= 4 is 17.6 Å². The fourth-order valence-electron chi connectivity index (χ4n) is 1.51. The van der Waals surface area contributed by atoms with Crippen molar-refractivity contribution in [3.63, 3.8) is 0 Å². The summed E-state index contributed by atoms with van der Waals surface area (Å²) in [5, 5.41) is 0.151. The van der Waals surface area contributed by atoms with Crippen LogP contribution in [-0.4, -0.2) is 31.1 Å². The number of halogens is 1. The van der Waals surface area contributed by atoms with Gasteiger partial charge in [0.25, 0.3) is 0 Å². The summed E-state index contributed by atoms with van der Waals surface area (Å²) in [6.07, 6.45) is -0.251. The van der Waals surface area contributed by atoms with Gasteiger partial charge in [0.1, 0.15) is 12.7 Å². The van der Waals surface area contributed by atoms with Crippen LogP contribution in [-0.2, 0) is 14.2 Å².